The zero-order valence-corrected chi connectivity index (χ0v) is 12.4. The van der Waals surface area contributed by atoms with E-state index in [4.69, 9.17) is 0 Å². The minimum atomic E-state index is -3.01. The topological polar surface area (TPSA) is 49.4 Å². The first-order chi connectivity index (χ1) is 8.39. The number of sulfonamides is 1. The van der Waals surface area contributed by atoms with Gasteiger partial charge in [0.15, 0.2) is 0 Å². The molecule has 0 aromatic rings. The van der Waals surface area contributed by atoms with E-state index in [9.17, 15) is 8.42 Å². The summed E-state index contributed by atoms with van der Waals surface area (Å²) in [7, 11) is -3.01. The van der Waals surface area contributed by atoms with Crippen molar-refractivity contribution in [1.29, 1.82) is 0 Å². The number of nitrogens with zero attached hydrogens (tertiary/aromatic N) is 1. The maximum Gasteiger partial charge on any atom is 0.214 e. The van der Waals surface area contributed by atoms with Crippen LogP contribution in [0.25, 0.3) is 0 Å². The van der Waals surface area contributed by atoms with E-state index in [0.717, 1.165) is 31.8 Å². The fraction of sp³-hybridized carbons (Fsp3) is 1.00. The van der Waals surface area contributed by atoms with Gasteiger partial charge >= 0.3 is 0 Å². The Morgan fingerprint density at radius 1 is 1.28 bits per heavy atom. The van der Waals surface area contributed by atoms with E-state index in [1.165, 1.54) is 12.8 Å². The highest BCUT2D eigenvalue weighted by Gasteiger charge is 2.35. The van der Waals surface area contributed by atoms with E-state index < -0.39 is 10.0 Å². The average molecular weight is 274 g/mol. The van der Waals surface area contributed by atoms with Crippen LogP contribution in [-0.2, 0) is 10.0 Å². The highest BCUT2D eigenvalue weighted by molar-refractivity contribution is 7.89. The number of nitrogens with one attached hydrogen (secondary N) is 1. The molecule has 0 bridgehead atoms. The van der Waals surface area contributed by atoms with E-state index in [0.29, 0.717) is 18.8 Å². The molecule has 1 aliphatic heterocycles. The van der Waals surface area contributed by atoms with Crippen LogP contribution in [0.1, 0.15) is 46.0 Å². The number of rotatable bonds is 7. The minimum Gasteiger partial charge on any atom is -0.314 e. The van der Waals surface area contributed by atoms with Crippen molar-refractivity contribution in [3.63, 3.8) is 0 Å². The molecule has 5 heteroatoms. The van der Waals surface area contributed by atoms with Gasteiger partial charge in [-0.2, -0.15) is 0 Å². The molecule has 1 saturated carbocycles. The highest BCUT2D eigenvalue weighted by Crippen LogP contribution is 2.30. The van der Waals surface area contributed by atoms with Crippen molar-refractivity contribution >= 4 is 10.0 Å². The number of hydrogen-bond donors (Lipinski definition) is 1. The lowest BCUT2D eigenvalue weighted by atomic mass is 9.93. The van der Waals surface area contributed by atoms with Crippen molar-refractivity contribution in [2.75, 3.05) is 25.4 Å². The van der Waals surface area contributed by atoms with Crippen LogP contribution in [0, 0.1) is 5.41 Å². The molecular weight excluding hydrogens is 248 g/mol. The first kappa shape index (κ1) is 14.3. The van der Waals surface area contributed by atoms with Crippen LogP contribution in [0.4, 0.5) is 0 Å². The monoisotopic (exact) mass is 274 g/mol. The molecule has 0 atom stereocenters. The SMILES string of the molecule is CC1(C)CCN(S(=O)(=O)CCCCNC2CC2)C1. The Bertz CT molecular complexity index is 374. The van der Waals surface area contributed by atoms with Crippen molar-refractivity contribution in [1.82, 2.24) is 9.62 Å². The molecule has 1 aliphatic carbocycles. The molecular formula is C13H26N2O2S. The standard InChI is InChI=1S/C13H26N2O2S/c1-13(2)7-9-15(11-13)18(16,17)10-4-3-8-14-12-5-6-12/h12,14H,3-11H2,1-2H3. The van der Waals surface area contributed by atoms with Gasteiger partial charge in [0.2, 0.25) is 10.0 Å². The van der Waals surface area contributed by atoms with Crippen LogP contribution in [0.15, 0.2) is 0 Å². The summed E-state index contributed by atoms with van der Waals surface area (Å²) in [4.78, 5) is 0. The first-order valence-corrected chi connectivity index (χ1v) is 8.71. The van der Waals surface area contributed by atoms with Crippen molar-refractivity contribution < 1.29 is 8.42 Å². The summed E-state index contributed by atoms with van der Waals surface area (Å²) < 4.78 is 26.0. The van der Waals surface area contributed by atoms with Gasteiger partial charge in [0.05, 0.1) is 5.75 Å². The summed E-state index contributed by atoms with van der Waals surface area (Å²) in [6.45, 7) is 6.64. The molecule has 1 heterocycles. The molecule has 4 nitrogen and oxygen atoms in total. The summed E-state index contributed by atoms with van der Waals surface area (Å²) in [5.41, 5.74) is 0.153. The lowest BCUT2D eigenvalue weighted by Gasteiger charge is -2.19. The molecule has 1 N–H and O–H groups in total. The third-order valence-electron chi connectivity index (χ3n) is 3.88. The lowest BCUT2D eigenvalue weighted by Crippen LogP contribution is -2.32. The van der Waals surface area contributed by atoms with Crippen LogP contribution < -0.4 is 5.32 Å². The Morgan fingerprint density at radius 3 is 2.56 bits per heavy atom. The highest BCUT2D eigenvalue weighted by atomic mass is 32.2. The Kier molecular flexibility index (Phi) is 4.34. The first-order valence-electron chi connectivity index (χ1n) is 7.10. The van der Waals surface area contributed by atoms with Crippen molar-refractivity contribution in [3.8, 4) is 0 Å². The Morgan fingerprint density at radius 2 is 2.00 bits per heavy atom. The molecule has 0 amide bonds. The van der Waals surface area contributed by atoms with Gasteiger partial charge in [0, 0.05) is 19.1 Å². The fourth-order valence-corrected chi connectivity index (χ4v) is 4.18. The lowest BCUT2D eigenvalue weighted by molar-refractivity contribution is 0.375. The molecule has 1 saturated heterocycles. The van der Waals surface area contributed by atoms with E-state index in [-0.39, 0.29) is 5.41 Å². The zero-order chi connectivity index (χ0) is 13.2. The van der Waals surface area contributed by atoms with Crippen molar-refractivity contribution in [2.45, 2.75) is 52.0 Å². The Hall–Kier alpha value is -0.130. The molecule has 18 heavy (non-hydrogen) atoms. The van der Waals surface area contributed by atoms with E-state index >= 15 is 0 Å². The minimum absolute atomic E-state index is 0.153. The number of unbranched alkanes of at least 4 members (excludes halogenated alkanes) is 1. The molecule has 0 unspecified atom stereocenters. The molecule has 0 aromatic carbocycles. The summed E-state index contributed by atoms with van der Waals surface area (Å²) in [6, 6.07) is 0.723. The molecule has 0 aromatic heterocycles. The molecule has 0 radical (unpaired) electrons. The van der Waals surface area contributed by atoms with Crippen LogP contribution in [0.3, 0.4) is 0 Å². The van der Waals surface area contributed by atoms with E-state index in [1.54, 1.807) is 4.31 Å². The summed E-state index contributed by atoms with van der Waals surface area (Å²) in [5.74, 6) is 0.315. The van der Waals surface area contributed by atoms with Crippen LogP contribution >= 0.6 is 0 Å². The summed E-state index contributed by atoms with van der Waals surface area (Å²) >= 11 is 0. The second kappa shape index (κ2) is 5.47. The quantitative estimate of drug-likeness (QED) is 0.717. The molecule has 0 spiro atoms. The fourth-order valence-electron chi connectivity index (χ4n) is 2.43. The number of hydrogen-bond acceptors (Lipinski definition) is 3. The molecule has 106 valence electrons. The largest absolute Gasteiger partial charge is 0.314 e. The van der Waals surface area contributed by atoms with Crippen molar-refractivity contribution in [2.24, 2.45) is 5.41 Å². The third kappa shape index (κ3) is 4.21. The van der Waals surface area contributed by atoms with Gasteiger partial charge in [0.25, 0.3) is 0 Å². The molecule has 2 fully saturated rings. The van der Waals surface area contributed by atoms with Gasteiger partial charge in [-0.1, -0.05) is 13.8 Å². The molecule has 2 aliphatic rings. The van der Waals surface area contributed by atoms with Gasteiger partial charge in [0.1, 0.15) is 0 Å². The van der Waals surface area contributed by atoms with Crippen LogP contribution in [0.2, 0.25) is 0 Å². The molecule has 2 rings (SSSR count). The normalized spacial score (nSPS) is 24.6. The second-order valence-corrected chi connectivity index (χ2v) is 8.59. The van der Waals surface area contributed by atoms with Crippen molar-refractivity contribution in [3.05, 3.63) is 0 Å². The predicted molar refractivity (Wildman–Crippen MR) is 74.0 cm³/mol. The van der Waals surface area contributed by atoms with Gasteiger partial charge < -0.3 is 5.32 Å². The Labute approximate surface area is 111 Å². The van der Waals surface area contributed by atoms with Gasteiger partial charge in [-0.15, -0.1) is 0 Å². The second-order valence-electron chi connectivity index (χ2n) is 6.50. The van der Waals surface area contributed by atoms with E-state index in [2.05, 4.69) is 19.2 Å². The van der Waals surface area contributed by atoms with E-state index in [1.807, 2.05) is 0 Å². The van der Waals surface area contributed by atoms with Gasteiger partial charge in [-0.3, -0.25) is 0 Å². The third-order valence-corrected chi connectivity index (χ3v) is 5.78. The smallest absolute Gasteiger partial charge is 0.214 e. The summed E-state index contributed by atoms with van der Waals surface area (Å²) in [5, 5.41) is 3.42. The van der Waals surface area contributed by atoms with Crippen LogP contribution in [-0.4, -0.2) is 44.2 Å². The Balaban J connectivity index is 1.66. The van der Waals surface area contributed by atoms with Gasteiger partial charge in [-0.05, 0) is 44.1 Å². The maximum absolute atomic E-state index is 12.1. The summed E-state index contributed by atoms with van der Waals surface area (Å²) in [6.07, 6.45) is 5.31. The zero-order valence-electron chi connectivity index (χ0n) is 11.6. The predicted octanol–water partition coefficient (Wildman–Crippen LogP) is 1.58. The average Bonchev–Trinajstić information content (AvgIpc) is 3.01. The van der Waals surface area contributed by atoms with Gasteiger partial charge in [-0.25, -0.2) is 12.7 Å². The van der Waals surface area contributed by atoms with Crippen LogP contribution in [0.5, 0.6) is 0 Å². The maximum atomic E-state index is 12.1.